The van der Waals surface area contributed by atoms with E-state index in [-0.39, 0.29) is 5.91 Å². The van der Waals surface area contributed by atoms with Crippen LogP contribution in [-0.4, -0.2) is 24.0 Å². The first-order chi connectivity index (χ1) is 9.20. The number of pyridine rings is 1. The first-order valence-corrected chi connectivity index (χ1v) is 6.57. The second-order valence-electron chi connectivity index (χ2n) is 4.55. The number of aryl methyl sites for hydroxylation is 1. The first-order valence-electron chi connectivity index (χ1n) is 6.57. The van der Waals surface area contributed by atoms with E-state index >= 15 is 0 Å². The molecule has 2 N–H and O–H groups in total. The Kier molecular flexibility index (Phi) is 4.47. The lowest BCUT2D eigenvalue weighted by Gasteiger charge is -2.09. The second kappa shape index (κ2) is 6.29. The van der Waals surface area contributed by atoms with Crippen LogP contribution in [-0.2, 0) is 4.79 Å². The van der Waals surface area contributed by atoms with Crippen molar-refractivity contribution in [3.63, 3.8) is 0 Å². The number of fused-ring (bicyclic) bond motifs is 1. The van der Waals surface area contributed by atoms with Gasteiger partial charge in [-0.2, -0.15) is 0 Å². The molecular formula is C15H19N3O. The highest BCUT2D eigenvalue weighted by Crippen LogP contribution is 2.21. The molecule has 2 rings (SSSR count). The molecular weight excluding hydrogens is 238 g/mol. The molecule has 1 heterocycles. The van der Waals surface area contributed by atoms with Gasteiger partial charge in [0.2, 0.25) is 5.91 Å². The quantitative estimate of drug-likeness (QED) is 0.809. The zero-order chi connectivity index (χ0) is 13.7. The van der Waals surface area contributed by atoms with Crippen molar-refractivity contribution < 1.29 is 4.79 Å². The predicted octanol–water partition coefficient (Wildman–Crippen LogP) is 2.48. The number of carbonyl (C=O) groups excluding carboxylic acids is 1. The number of carbonyl (C=O) groups is 1. The monoisotopic (exact) mass is 257 g/mol. The molecule has 0 aliphatic heterocycles. The van der Waals surface area contributed by atoms with Crippen molar-refractivity contribution in [3.05, 3.63) is 36.0 Å². The van der Waals surface area contributed by atoms with Crippen LogP contribution in [0.5, 0.6) is 0 Å². The molecule has 0 aliphatic rings. The van der Waals surface area contributed by atoms with E-state index in [0.29, 0.717) is 6.54 Å². The van der Waals surface area contributed by atoms with Gasteiger partial charge < -0.3 is 10.6 Å². The van der Waals surface area contributed by atoms with Gasteiger partial charge in [-0.1, -0.05) is 25.1 Å². The average Bonchev–Trinajstić information content (AvgIpc) is 2.40. The molecule has 0 aliphatic carbocycles. The van der Waals surface area contributed by atoms with Crippen LogP contribution >= 0.6 is 0 Å². The van der Waals surface area contributed by atoms with Crippen molar-refractivity contribution in [3.8, 4) is 0 Å². The minimum absolute atomic E-state index is 0.0377. The third-order valence-electron chi connectivity index (χ3n) is 2.85. The summed E-state index contributed by atoms with van der Waals surface area (Å²) >= 11 is 0. The van der Waals surface area contributed by atoms with Crippen LogP contribution < -0.4 is 10.6 Å². The summed E-state index contributed by atoms with van der Waals surface area (Å²) in [5.41, 5.74) is 2.55. The predicted molar refractivity (Wildman–Crippen MR) is 78.3 cm³/mol. The first kappa shape index (κ1) is 13.5. The third kappa shape index (κ3) is 3.51. The van der Waals surface area contributed by atoms with Gasteiger partial charge in [0.25, 0.3) is 0 Å². The van der Waals surface area contributed by atoms with E-state index < -0.39 is 0 Å². The van der Waals surface area contributed by atoms with Crippen LogP contribution in [0.1, 0.15) is 19.0 Å². The molecule has 4 nitrogen and oxygen atoms in total. The molecule has 4 heteroatoms. The van der Waals surface area contributed by atoms with Crippen molar-refractivity contribution in [2.75, 3.05) is 18.4 Å². The molecule has 0 spiro atoms. The maximum absolute atomic E-state index is 11.8. The molecule has 0 saturated carbocycles. The van der Waals surface area contributed by atoms with Gasteiger partial charge in [0.15, 0.2) is 0 Å². The summed E-state index contributed by atoms with van der Waals surface area (Å²) in [5, 5.41) is 7.02. The van der Waals surface area contributed by atoms with Crippen molar-refractivity contribution in [2.24, 2.45) is 0 Å². The van der Waals surface area contributed by atoms with Crippen molar-refractivity contribution in [2.45, 2.75) is 20.3 Å². The number of hydrogen-bond donors (Lipinski definition) is 2. The molecule has 0 unspecified atom stereocenters. The maximum atomic E-state index is 11.8. The van der Waals surface area contributed by atoms with E-state index in [0.717, 1.165) is 35.2 Å². The van der Waals surface area contributed by atoms with Crippen LogP contribution in [0.25, 0.3) is 10.9 Å². The fourth-order valence-corrected chi connectivity index (χ4v) is 1.92. The van der Waals surface area contributed by atoms with Crippen LogP contribution in [0.2, 0.25) is 0 Å². The molecule has 0 saturated heterocycles. The van der Waals surface area contributed by atoms with Crippen molar-refractivity contribution in [1.82, 2.24) is 10.3 Å². The largest absolute Gasteiger partial charge is 0.323 e. The Labute approximate surface area is 113 Å². The van der Waals surface area contributed by atoms with Crippen LogP contribution in [0.3, 0.4) is 0 Å². The number of nitrogens with zero attached hydrogens (tertiary/aromatic N) is 1. The van der Waals surface area contributed by atoms with Gasteiger partial charge in [-0.3, -0.25) is 9.78 Å². The fourth-order valence-electron chi connectivity index (χ4n) is 1.92. The lowest BCUT2D eigenvalue weighted by Crippen LogP contribution is -2.28. The van der Waals surface area contributed by atoms with Gasteiger partial charge >= 0.3 is 0 Å². The Morgan fingerprint density at radius 2 is 2.11 bits per heavy atom. The highest BCUT2D eigenvalue weighted by molar-refractivity contribution is 6.00. The van der Waals surface area contributed by atoms with Gasteiger partial charge in [0.1, 0.15) is 0 Å². The van der Waals surface area contributed by atoms with Gasteiger partial charge in [-0.25, -0.2) is 0 Å². The highest BCUT2D eigenvalue weighted by atomic mass is 16.1. The van der Waals surface area contributed by atoms with E-state index in [4.69, 9.17) is 0 Å². The number of benzene rings is 1. The van der Waals surface area contributed by atoms with Crippen LogP contribution in [0.4, 0.5) is 5.69 Å². The number of aromatic nitrogens is 1. The molecule has 1 amide bonds. The third-order valence-corrected chi connectivity index (χ3v) is 2.85. The normalized spacial score (nSPS) is 10.6. The zero-order valence-electron chi connectivity index (χ0n) is 11.4. The summed E-state index contributed by atoms with van der Waals surface area (Å²) in [6.45, 7) is 5.19. The summed E-state index contributed by atoms with van der Waals surface area (Å²) in [7, 11) is 0. The highest BCUT2D eigenvalue weighted by Gasteiger charge is 2.06. The Bertz CT molecular complexity index is 581. The number of para-hydroxylation sites is 1. The lowest BCUT2D eigenvalue weighted by molar-refractivity contribution is -0.115. The molecule has 0 bridgehead atoms. The average molecular weight is 257 g/mol. The van der Waals surface area contributed by atoms with Gasteiger partial charge in [-0.15, -0.1) is 0 Å². The lowest BCUT2D eigenvalue weighted by atomic mass is 10.1. The Morgan fingerprint density at radius 3 is 2.89 bits per heavy atom. The van der Waals surface area contributed by atoms with E-state index in [1.54, 1.807) is 0 Å². The maximum Gasteiger partial charge on any atom is 0.238 e. The molecule has 2 aromatic rings. The molecule has 1 aromatic heterocycles. The number of anilines is 1. The van der Waals surface area contributed by atoms with Crippen LogP contribution in [0.15, 0.2) is 30.3 Å². The number of nitrogens with one attached hydrogen (secondary N) is 2. The summed E-state index contributed by atoms with van der Waals surface area (Å²) in [6.07, 6.45) is 1.02. The van der Waals surface area contributed by atoms with E-state index in [1.165, 1.54) is 0 Å². The molecule has 0 radical (unpaired) electrons. The van der Waals surface area contributed by atoms with Crippen molar-refractivity contribution in [1.29, 1.82) is 0 Å². The Morgan fingerprint density at radius 1 is 1.26 bits per heavy atom. The standard InChI is InChI=1S/C15H19N3O/c1-3-9-16-10-14(19)18-13-6-4-5-12-8-7-11(2)17-15(12)13/h4-8,16H,3,9-10H2,1-2H3,(H,18,19). The Balaban J connectivity index is 2.16. The number of hydrogen-bond acceptors (Lipinski definition) is 3. The van der Waals surface area contributed by atoms with E-state index in [1.807, 2.05) is 37.3 Å². The SMILES string of the molecule is CCCNCC(=O)Nc1cccc2ccc(C)nc12. The minimum atomic E-state index is -0.0377. The second-order valence-corrected chi connectivity index (χ2v) is 4.55. The van der Waals surface area contributed by atoms with Gasteiger partial charge in [0.05, 0.1) is 17.7 Å². The fraction of sp³-hybridized carbons (Fsp3) is 0.333. The smallest absolute Gasteiger partial charge is 0.238 e. The molecule has 100 valence electrons. The molecule has 19 heavy (non-hydrogen) atoms. The summed E-state index contributed by atoms with van der Waals surface area (Å²) in [6, 6.07) is 9.78. The molecule has 0 fully saturated rings. The molecule has 0 atom stereocenters. The minimum Gasteiger partial charge on any atom is -0.323 e. The van der Waals surface area contributed by atoms with Gasteiger partial charge in [-0.05, 0) is 32.0 Å². The van der Waals surface area contributed by atoms with E-state index in [2.05, 4.69) is 22.5 Å². The molecule has 1 aromatic carbocycles. The van der Waals surface area contributed by atoms with Crippen molar-refractivity contribution >= 4 is 22.5 Å². The van der Waals surface area contributed by atoms with Gasteiger partial charge in [0, 0.05) is 11.1 Å². The Hall–Kier alpha value is -1.94. The topological polar surface area (TPSA) is 54.0 Å². The summed E-state index contributed by atoms with van der Waals surface area (Å²) < 4.78 is 0. The number of rotatable bonds is 5. The van der Waals surface area contributed by atoms with E-state index in [9.17, 15) is 4.79 Å². The summed E-state index contributed by atoms with van der Waals surface area (Å²) in [5.74, 6) is -0.0377. The van der Waals surface area contributed by atoms with Crippen LogP contribution in [0, 0.1) is 6.92 Å². The zero-order valence-corrected chi connectivity index (χ0v) is 11.4. The summed E-state index contributed by atoms with van der Waals surface area (Å²) in [4.78, 5) is 16.3. The number of amides is 1.